The molecule has 5 nitrogen and oxygen atoms in total. The van der Waals surface area contributed by atoms with Crippen LogP contribution in [-0.4, -0.2) is 16.0 Å². The summed E-state index contributed by atoms with van der Waals surface area (Å²) in [6.45, 7) is 8.16. The first-order chi connectivity index (χ1) is 13.0. The van der Waals surface area contributed by atoms with Crippen LogP contribution in [0, 0.1) is 19.8 Å². The van der Waals surface area contributed by atoms with E-state index < -0.39 is 0 Å². The summed E-state index contributed by atoms with van der Waals surface area (Å²) in [7, 11) is 0. The fourth-order valence-electron chi connectivity index (χ4n) is 2.88. The third-order valence-electron chi connectivity index (χ3n) is 4.80. The molecule has 0 bridgehead atoms. The van der Waals surface area contributed by atoms with Crippen molar-refractivity contribution in [3.63, 3.8) is 0 Å². The lowest BCUT2D eigenvalue weighted by atomic mass is 9.98. The van der Waals surface area contributed by atoms with Crippen molar-refractivity contribution in [2.75, 3.05) is 0 Å². The number of nitrogens with one attached hydrogen (secondary N) is 1. The Bertz CT molecular complexity index is 915. The van der Waals surface area contributed by atoms with Crippen molar-refractivity contribution in [2.45, 2.75) is 40.2 Å². The molecule has 140 valence electrons. The number of aromatic nitrogens is 2. The van der Waals surface area contributed by atoms with Crippen molar-refractivity contribution >= 4 is 5.91 Å². The number of aryl methyl sites for hydroxylation is 2. The molecule has 0 saturated carbocycles. The second kappa shape index (κ2) is 8.16. The molecule has 0 aliphatic heterocycles. The summed E-state index contributed by atoms with van der Waals surface area (Å²) in [6.07, 6.45) is 0.876. The number of hydrogen-bond donors (Lipinski definition) is 1. The minimum Gasteiger partial charge on any atom is -0.340 e. The van der Waals surface area contributed by atoms with Crippen LogP contribution in [0.25, 0.3) is 11.4 Å². The van der Waals surface area contributed by atoms with Gasteiger partial charge in [0, 0.05) is 11.1 Å². The van der Waals surface area contributed by atoms with Gasteiger partial charge < -0.3 is 9.84 Å². The molecule has 0 aliphatic rings. The Morgan fingerprint density at radius 3 is 2.52 bits per heavy atom. The first kappa shape index (κ1) is 18.8. The Hall–Kier alpha value is -2.95. The molecule has 0 fully saturated rings. The van der Waals surface area contributed by atoms with Gasteiger partial charge in [0.1, 0.15) is 6.04 Å². The van der Waals surface area contributed by atoms with Crippen LogP contribution >= 0.6 is 0 Å². The smallest absolute Gasteiger partial charge is 0.251 e. The van der Waals surface area contributed by atoms with Gasteiger partial charge in [-0.3, -0.25) is 4.79 Å². The van der Waals surface area contributed by atoms with Crippen molar-refractivity contribution < 1.29 is 9.32 Å². The van der Waals surface area contributed by atoms with E-state index in [1.54, 1.807) is 0 Å². The highest BCUT2D eigenvalue weighted by Gasteiger charge is 2.27. The Kier molecular flexibility index (Phi) is 5.69. The number of carbonyl (C=O) groups is 1. The lowest BCUT2D eigenvalue weighted by Gasteiger charge is -2.20. The first-order valence-electron chi connectivity index (χ1n) is 9.26. The minimum absolute atomic E-state index is 0.143. The maximum atomic E-state index is 12.7. The molecule has 0 spiro atoms. The van der Waals surface area contributed by atoms with Crippen LogP contribution in [0.1, 0.15) is 53.7 Å². The maximum absolute atomic E-state index is 12.7. The highest BCUT2D eigenvalue weighted by Crippen LogP contribution is 2.26. The average molecular weight is 363 g/mol. The van der Waals surface area contributed by atoms with E-state index in [0.717, 1.165) is 23.1 Å². The molecular weight excluding hydrogens is 338 g/mol. The van der Waals surface area contributed by atoms with Crippen molar-refractivity contribution in [3.8, 4) is 11.4 Å². The van der Waals surface area contributed by atoms with Gasteiger partial charge in [-0.15, -0.1) is 0 Å². The predicted molar refractivity (Wildman–Crippen MR) is 105 cm³/mol. The van der Waals surface area contributed by atoms with E-state index in [0.29, 0.717) is 17.3 Å². The summed E-state index contributed by atoms with van der Waals surface area (Å²) >= 11 is 0. The molecule has 2 atom stereocenters. The van der Waals surface area contributed by atoms with Gasteiger partial charge >= 0.3 is 0 Å². The van der Waals surface area contributed by atoms with Crippen LogP contribution in [0.3, 0.4) is 0 Å². The van der Waals surface area contributed by atoms with Gasteiger partial charge in [0.2, 0.25) is 11.7 Å². The van der Waals surface area contributed by atoms with Gasteiger partial charge in [0.15, 0.2) is 0 Å². The predicted octanol–water partition coefficient (Wildman–Crippen LogP) is 4.87. The Balaban J connectivity index is 1.85. The lowest BCUT2D eigenvalue weighted by molar-refractivity contribution is 0.0910. The molecule has 0 aliphatic carbocycles. The molecule has 5 heteroatoms. The quantitative estimate of drug-likeness (QED) is 0.678. The topological polar surface area (TPSA) is 68.0 Å². The number of amides is 1. The Labute approximate surface area is 159 Å². The highest BCUT2D eigenvalue weighted by molar-refractivity contribution is 5.94. The fourth-order valence-corrected chi connectivity index (χ4v) is 2.88. The molecule has 1 N–H and O–H groups in total. The van der Waals surface area contributed by atoms with Crippen LogP contribution in [0.2, 0.25) is 0 Å². The molecule has 0 unspecified atom stereocenters. The fraction of sp³-hybridized carbons (Fsp3) is 0.318. The number of benzene rings is 2. The zero-order valence-corrected chi connectivity index (χ0v) is 16.2. The number of nitrogens with zero attached hydrogens (tertiary/aromatic N) is 2. The second-order valence-corrected chi connectivity index (χ2v) is 7.03. The van der Waals surface area contributed by atoms with Gasteiger partial charge in [-0.1, -0.05) is 66.9 Å². The van der Waals surface area contributed by atoms with E-state index in [4.69, 9.17) is 4.52 Å². The van der Waals surface area contributed by atoms with Gasteiger partial charge in [-0.05, 0) is 38.0 Å². The molecule has 1 heterocycles. The monoisotopic (exact) mass is 363 g/mol. The van der Waals surface area contributed by atoms with Gasteiger partial charge in [0.25, 0.3) is 5.91 Å². The van der Waals surface area contributed by atoms with E-state index >= 15 is 0 Å². The maximum Gasteiger partial charge on any atom is 0.251 e. The molecular formula is C22H25N3O2. The summed E-state index contributed by atoms with van der Waals surface area (Å²) < 4.78 is 5.52. The summed E-state index contributed by atoms with van der Waals surface area (Å²) in [6, 6.07) is 15.1. The van der Waals surface area contributed by atoms with Gasteiger partial charge in [-0.25, -0.2) is 0 Å². The van der Waals surface area contributed by atoms with Crippen molar-refractivity contribution in [3.05, 3.63) is 71.1 Å². The standard InChI is InChI=1S/C22H25N3O2/c1-5-16(4)19(23-21(26)17-11-9-14(2)10-12-17)22-24-20(25-27-22)18-8-6-7-15(3)13-18/h6-13,16,19H,5H2,1-4H3,(H,23,26)/t16-,19+/m0/s1. The van der Waals surface area contributed by atoms with Crippen molar-refractivity contribution in [2.24, 2.45) is 5.92 Å². The molecule has 0 saturated heterocycles. The SMILES string of the molecule is CC[C@H](C)[C@@H](NC(=O)c1ccc(C)cc1)c1nc(-c2cccc(C)c2)no1. The number of carbonyl (C=O) groups excluding carboxylic acids is 1. The van der Waals surface area contributed by atoms with Crippen LogP contribution in [0.15, 0.2) is 53.1 Å². The largest absolute Gasteiger partial charge is 0.340 e. The van der Waals surface area contributed by atoms with Gasteiger partial charge in [-0.2, -0.15) is 4.98 Å². The molecule has 2 aromatic carbocycles. The zero-order chi connectivity index (χ0) is 19.4. The minimum atomic E-state index is -0.338. The second-order valence-electron chi connectivity index (χ2n) is 7.03. The van der Waals surface area contributed by atoms with Crippen LogP contribution in [0.5, 0.6) is 0 Å². The molecule has 3 rings (SSSR count). The first-order valence-corrected chi connectivity index (χ1v) is 9.26. The van der Waals surface area contributed by atoms with E-state index in [-0.39, 0.29) is 17.9 Å². The highest BCUT2D eigenvalue weighted by atomic mass is 16.5. The Morgan fingerprint density at radius 1 is 1.11 bits per heavy atom. The molecule has 1 amide bonds. The van der Waals surface area contributed by atoms with E-state index in [9.17, 15) is 4.79 Å². The lowest BCUT2D eigenvalue weighted by Crippen LogP contribution is -2.32. The number of hydrogen-bond acceptors (Lipinski definition) is 4. The van der Waals surface area contributed by atoms with E-state index in [1.807, 2.05) is 62.4 Å². The molecule has 1 aromatic heterocycles. The summed E-state index contributed by atoms with van der Waals surface area (Å²) in [5, 5.41) is 7.18. The average Bonchev–Trinajstić information content (AvgIpc) is 3.15. The van der Waals surface area contributed by atoms with Crippen LogP contribution in [0.4, 0.5) is 0 Å². The van der Waals surface area contributed by atoms with Crippen molar-refractivity contribution in [1.82, 2.24) is 15.5 Å². The van der Waals surface area contributed by atoms with E-state index in [1.165, 1.54) is 0 Å². The van der Waals surface area contributed by atoms with Gasteiger partial charge in [0.05, 0.1) is 0 Å². The molecule has 3 aromatic rings. The summed E-state index contributed by atoms with van der Waals surface area (Å²) in [5.41, 5.74) is 3.76. The third kappa shape index (κ3) is 4.42. The number of rotatable bonds is 6. The third-order valence-corrected chi connectivity index (χ3v) is 4.80. The summed E-state index contributed by atoms with van der Waals surface area (Å²) in [5.74, 6) is 0.980. The van der Waals surface area contributed by atoms with E-state index in [2.05, 4.69) is 29.3 Å². The Morgan fingerprint density at radius 2 is 1.85 bits per heavy atom. The van der Waals surface area contributed by atoms with Crippen LogP contribution < -0.4 is 5.32 Å². The zero-order valence-electron chi connectivity index (χ0n) is 16.2. The van der Waals surface area contributed by atoms with Crippen molar-refractivity contribution in [1.29, 1.82) is 0 Å². The normalized spacial score (nSPS) is 13.2. The molecule has 0 radical (unpaired) electrons. The molecule has 27 heavy (non-hydrogen) atoms. The summed E-state index contributed by atoms with van der Waals surface area (Å²) in [4.78, 5) is 17.2. The van der Waals surface area contributed by atoms with Crippen LogP contribution in [-0.2, 0) is 0 Å².